The van der Waals surface area contributed by atoms with Crippen molar-refractivity contribution in [3.05, 3.63) is 58.3 Å². The van der Waals surface area contributed by atoms with Gasteiger partial charge in [-0.1, -0.05) is 17.7 Å². The second kappa shape index (κ2) is 5.10. The fourth-order valence-corrected chi connectivity index (χ4v) is 1.82. The summed E-state index contributed by atoms with van der Waals surface area (Å²) < 4.78 is 6.23. The van der Waals surface area contributed by atoms with Gasteiger partial charge in [0, 0.05) is 16.7 Å². The molecule has 0 saturated heterocycles. The molecule has 4 heteroatoms. The average Bonchev–Trinajstić information content (AvgIpc) is 2.28. The molecule has 0 saturated carbocycles. The number of aryl methyl sites for hydroxylation is 1. The molecule has 3 nitrogen and oxygen atoms in total. The van der Waals surface area contributed by atoms with E-state index in [1.807, 2.05) is 19.1 Å². The Hall–Kier alpha value is -2.00. The van der Waals surface area contributed by atoms with Crippen molar-refractivity contribution in [1.29, 1.82) is 0 Å². The van der Waals surface area contributed by atoms with Crippen molar-refractivity contribution in [2.75, 3.05) is 0 Å². The quantitative estimate of drug-likeness (QED) is 0.358. The first kappa shape index (κ1) is 12.5. The summed E-state index contributed by atoms with van der Waals surface area (Å²) in [5.74, 6) is 1.31. The van der Waals surface area contributed by atoms with Gasteiger partial charge in [-0.2, -0.15) is 4.74 Å². The van der Waals surface area contributed by atoms with Crippen molar-refractivity contribution >= 4 is 24.0 Å². The van der Waals surface area contributed by atoms with Crippen LogP contribution in [0.1, 0.15) is 5.56 Å². The van der Waals surface area contributed by atoms with Gasteiger partial charge >= 0.3 is 0 Å². The minimum atomic E-state index is 0.522. The van der Waals surface area contributed by atoms with Crippen LogP contribution < -0.4 is 4.74 Å². The molecule has 0 bridgehead atoms. The third-order valence-electron chi connectivity index (χ3n) is 2.47. The maximum Gasteiger partial charge on any atom is 0.219 e. The van der Waals surface area contributed by atoms with Crippen molar-refractivity contribution in [3.8, 4) is 11.5 Å². The molecule has 0 heterocycles. The lowest BCUT2D eigenvalue weighted by Gasteiger charge is -2.08. The van der Waals surface area contributed by atoms with Crippen molar-refractivity contribution in [1.82, 2.24) is 0 Å². The van der Waals surface area contributed by atoms with E-state index in [4.69, 9.17) is 16.3 Å². The van der Waals surface area contributed by atoms with Crippen molar-refractivity contribution in [3.63, 3.8) is 0 Å². The second-order valence-corrected chi connectivity index (χ2v) is 4.32. The van der Waals surface area contributed by atoms with Gasteiger partial charge in [-0.15, -0.1) is 0 Å². The molecular weight excluding hydrogens is 250 g/mol. The van der Waals surface area contributed by atoms with Crippen LogP contribution in [-0.4, -0.2) is 11.5 Å². The minimum absolute atomic E-state index is 0.522. The summed E-state index contributed by atoms with van der Waals surface area (Å²) in [5, 5.41) is 11.7. The Labute approximate surface area is 110 Å². The number of nitrogens with zero attached hydrogens (tertiary/aromatic N) is 1. The molecule has 0 aromatic heterocycles. The number of rotatable bonds is 3. The van der Waals surface area contributed by atoms with Crippen LogP contribution in [0.4, 0.5) is 5.69 Å². The Morgan fingerprint density at radius 2 is 1.89 bits per heavy atom. The maximum atomic E-state index is 11.1. The standard InChI is InChI=1S/C14H12ClNO2/c1-10-8-13(6-7-14(10)16(2)17)18-12-5-3-4-11(15)9-12/h3-9H,2H2,1H3. The fraction of sp³-hybridized carbons (Fsp3) is 0.0714. The predicted octanol–water partition coefficient (Wildman–Crippen LogP) is 4.28. The van der Waals surface area contributed by atoms with E-state index in [-0.39, 0.29) is 0 Å². The molecule has 0 fully saturated rings. The molecule has 0 unspecified atom stereocenters. The molecule has 0 radical (unpaired) electrons. The number of hydrogen-bond acceptors (Lipinski definition) is 2. The monoisotopic (exact) mass is 261 g/mol. The average molecular weight is 262 g/mol. The molecular formula is C14H12ClNO2. The first-order valence-corrected chi connectivity index (χ1v) is 5.76. The number of ether oxygens (including phenoxy) is 1. The van der Waals surface area contributed by atoms with Gasteiger partial charge in [0.2, 0.25) is 5.69 Å². The Balaban J connectivity index is 2.25. The fourth-order valence-electron chi connectivity index (χ4n) is 1.64. The topological polar surface area (TPSA) is 35.3 Å². The zero-order valence-electron chi connectivity index (χ0n) is 9.89. The van der Waals surface area contributed by atoms with Crippen molar-refractivity contribution in [2.24, 2.45) is 0 Å². The van der Waals surface area contributed by atoms with Crippen molar-refractivity contribution in [2.45, 2.75) is 6.92 Å². The van der Waals surface area contributed by atoms with Crippen LogP contribution >= 0.6 is 11.6 Å². The van der Waals surface area contributed by atoms with Gasteiger partial charge < -0.3 is 9.94 Å². The van der Waals surface area contributed by atoms with E-state index >= 15 is 0 Å². The second-order valence-electron chi connectivity index (χ2n) is 3.89. The van der Waals surface area contributed by atoms with Crippen molar-refractivity contribution < 1.29 is 9.48 Å². The SMILES string of the molecule is C=[N+]([O-])c1ccc(Oc2cccc(Cl)c2)cc1C. The number of benzene rings is 2. The summed E-state index contributed by atoms with van der Waals surface area (Å²) in [4.78, 5) is 0. The summed E-state index contributed by atoms with van der Waals surface area (Å²) in [5.41, 5.74) is 1.33. The summed E-state index contributed by atoms with van der Waals surface area (Å²) in [6.45, 7) is 5.14. The van der Waals surface area contributed by atoms with E-state index < -0.39 is 0 Å². The molecule has 0 aliphatic heterocycles. The molecule has 18 heavy (non-hydrogen) atoms. The maximum absolute atomic E-state index is 11.1. The van der Waals surface area contributed by atoms with E-state index in [9.17, 15) is 5.21 Å². The van der Waals surface area contributed by atoms with Crippen LogP contribution in [0.3, 0.4) is 0 Å². The summed E-state index contributed by atoms with van der Waals surface area (Å²) in [7, 11) is 0. The van der Waals surface area contributed by atoms with Crippen LogP contribution in [0, 0.1) is 12.1 Å². The normalized spacial score (nSPS) is 10.1. The van der Waals surface area contributed by atoms with Gasteiger partial charge in [-0.3, -0.25) is 0 Å². The van der Waals surface area contributed by atoms with E-state index in [0.29, 0.717) is 26.9 Å². The minimum Gasteiger partial charge on any atom is -0.619 e. The lowest BCUT2D eigenvalue weighted by atomic mass is 10.2. The molecule has 2 rings (SSSR count). The number of hydrogen-bond donors (Lipinski definition) is 0. The molecule has 0 spiro atoms. The van der Waals surface area contributed by atoms with E-state index in [1.54, 1.807) is 30.3 Å². The Kier molecular flexibility index (Phi) is 3.53. The molecule has 0 aliphatic carbocycles. The third-order valence-corrected chi connectivity index (χ3v) is 2.70. The number of halogens is 1. The highest BCUT2D eigenvalue weighted by Crippen LogP contribution is 2.28. The van der Waals surface area contributed by atoms with Gasteiger partial charge in [0.1, 0.15) is 18.2 Å². The van der Waals surface area contributed by atoms with Gasteiger partial charge in [0.15, 0.2) is 0 Å². The smallest absolute Gasteiger partial charge is 0.219 e. The van der Waals surface area contributed by atoms with Gasteiger partial charge in [0.05, 0.1) is 0 Å². The summed E-state index contributed by atoms with van der Waals surface area (Å²) >= 11 is 5.87. The van der Waals surface area contributed by atoms with Crippen LogP contribution in [0.5, 0.6) is 11.5 Å². The summed E-state index contributed by atoms with van der Waals surface area (Å²) in [6, 6.07) is 12.3. The highest BCUT2D eigenvalue weighted by atomic mass is 35.5. The summed E-state index contributed by atoms with van der Waals surface area (Å²) in [6.07, 6.45) is 0. The van der Waals surface area contributed by atoms with Crippen LogP contribution in [0.25, 0.3) is 0 Å². The largest absolute Gasteiger partial charge is 0.619 e. The Morgan fingerprint density at radius 1 is 1.17 bits per heavy atom. The van der Waals surface area contributed by atoms with Crippen LogP contribution in [0.2, 0.25) is 5.02 Å². The Bertz CT molecular complexity index is 596. The first-order chi connectivity index (χ1) is 8.56. The zero-order chi connectivity index (χ0) is 13.1. The molecule has 2 aromatic rings. The molecule has 0 aliphatic rings. The molecule has 92 valence electrons. The Morgan fingerprint density at radius 3 is 2.50 bits per heavy atom. The lowest BCUT2D eigenvalue weighted by Crippen LogP contribution is -1.93. The van der Waals surface area contributed by atoms with E-state index in [2.05, 4.69) is 6.72 Å². The lowest BCUT2D eigenvalue weighted by molar-refractivity contribution is -0.350. The van der Waals surface area contributed by atoms with E-state index in [1.165, 1.54) is 0 Å². The molecule has 2 aromatic carbocycles. The van der Waals surface area contributed by atoms with Crippen LogP contribution in [-0.2, 0) is 0 Å². The third kappa shape index (κ3) is 2.81. The highest BCUT2D eigenvalue weighted by molar-refractivity contribution is 6.30. The molecule has 0 atom stereocenters. The van der Waals surface area contributed by atoms with Gasteiger partial charge in [0.25, 0.3) is 0 Å². The van der Waals surface area contributed by atoms with E-state index in [0.717, 1.165) is 5.56 Å². The van der Waals surface area contributed by atoms with Crippen LogP contribution in [0.15, 0.2) is 42.5 Å². The highest BCUT2D eigenvalue weighted by Gasteiger charge is 2.07. The zero-order valence-corrected chi connectivity index (χ0v) is 10.6. The first-order valence-electron chi connectivity index (χ1n) is 5.38. The molecule has 0 N–H and O–H groups in total. The predicted molar refractivity (Wildman–Crippen MR) is 73.1 cm³/mol. The van der Waals surface area contributed by atoms with Gasteiger partial charge in [-0.25, -0.2) is 0 Å². The van der Waals surface area contributed by atoms with Gasteiger partial charge in [-0.05, 0) is 37.3 Å². The molecule has 0 amide bonds.